The Labute approximate surface area is 352 Å². The van der Waals surface area contributed by atoms with Gasteiger partial charge in [0.15, 0.2) is 0 Å². The van der Waals surface area contributed by atoms with Gasteiger partial charge >= 0.3 is 0 Å². The number of allylic oxidation sites excluding steroid dienone is 1. The smallest absolute Gasteiger partial charge is 0.243 e. The number of oxime groups is 1. The van der Waals surface area contributed by atoms with Crippen LogP contribution in [0.15, 0.2) is 119 Å². The number of likely N-dealkylation sites (N-methyl/N-ethyl adjacent to an activating group) is 1. The molecule has 1 aliphatic heterocycles. The number of aliphatic hydroxyl groups excluding tert-OH is 2. The molecule has 0 aromatic heterocycles. The van der Waals surface area contributed by atoms with Crippen molar-refractivity contribution >= 4 is 38.1 Å². The number of rotatable bonds is 18. The predicted molar refractivity (Wildman–Crippen MR) is 232 cm³/mol. The molecule has 4 aromatic carbocycles. The number of benzene rings is 4. The molecule has 3 N–H and O–H groups in total. The topological polar surface area (TPSA) is 156 Å². The van der Waals surface area contributed by atoms with Gasteiger partial charge in [-0.3, -0.25) is 4.79 Å². The van der Waals surface area contributed by atoms with E-state index >= 15 is 0 Å². The van der Waals surface area contributed by atoms with E-state index in [1.54, 1.807) is 18.2 Å². The molecule has 0 saturated heterocycles. The zero-order valence-electron chi connectivity index (χ0n) is 34.5. The maximum absolute atomic E-state index is 14.7. The molecule has 7 rings (SSSR count). The van der Waals surface area contributed by atoms with Crippen LogP contribution in [-0.4, -0.2) is 80.4 Å². The molecule has 1 saturated carbocycles. The van der Waals surface area contributed by atoms with Gasteiger partial charge in [-0.1, -0.05) is 60.5 Å². The Bertz CT molecular complexity index is 2350. The molecule has 13 heteroatoms. The number of fused-ring (bicyclic) bond motifs is 3. The lowest BCUT2D eigenvalue weighted by Crippen LogP contribution is -2.69. The summed E-state index contributed by atoms with van der Waals surface area (Å²) in [4.78, 5) is 17.3. The highest BCUT2D eigenvalue weighted by Gasteiger charge is 2.65. The SMILES string of the molecule is C=CCOC12Oc3ccc(Oc4ccc5ccccc5c4)cc3C3C(CCCCO)C(CCCCO)C=C(C(=NOC)CC1N(C)S(=O)(=O)c1ccc(NC(C)=O)cc1)C32. The Kier molecular flexibility index (Phi) is 13.4. The van der Waals surface area contributed by atoms with Gasteiger partial charge in [0.25, 0.3) is 0 Å². The molecule has 1 heterocycles. The zero-order chi connectivity index (χ0) is 42.4. The largest absolute Gasteiger partial charge is 0.460 e. The molecule has 6 atom stereocenters. The molecule has 1 fully saturated rings. The Morgan fingerprint density at radius 1 is 0.967 bits per heavy atom. The van der Waals surface area contributed by atoms with Crippen molar-refractivity contribution in [2.75, 3.05) is 39.3 Å². The van der Waals surface area contributed by atoms with E-state index < -0.39 is 27.8 Å². The summed E-state index contributed by atoms with van der Waals surface area (Å²) in [5.74, 6) is -0.781. The van der Waals surface area contributed by atoms with E-state index in [0.29, 0.717) is 41.5 Å². The summed E-state index contributed by atoms with van der Waals surface area (Å²) in [6.45, 7) is 5.57. The van der Waals surface area contributed by atoms with Gasteiger partial charge in [-0.2, -0.15) is 4.31 Å². The van der Waals surface area contributed by atoms with Gasteiger partial charge in [-0.05, 0) is 108 Å². The number of nitrogens with one attached hydrogen (secondary N) is 1. The van der Waals surface area contributed by atoms with Crippen LogP contribution in [0.1, 0.15) is 63.4 Å². The number of sulfonamides is 1. The molecular formula is C47H55N3O9S. The van der Waals surface area contributed by atoms with Gasteiger partial charge in [-0.15, -0.1) is 6.58 Å². The Hall–Kier alpha value is -5.05. The standard InChI is InChI=1S/C47H55N3O9S/c1-5-26-57-47-44(50(3)60(54,55)38-21-17-35(18-22-38)48-31(2)53)30-42(49-56-4)40-28-34(14-8-10-24-51)39(15-9-11-25-52)45(46(40)47)41-29-37(20-23-43(41)59-47)58-36-19-16-32-12-6-7-13-33(32)27-36/h5-7,12-13,16-23,27-29,34,39,44-46,51-52H,1,8-11,14-15,24-26,30H2,2-4H3,(H,48,53). The van der Waals surface area contributed by atoms with Crippen molar-refractivity contribution in [3.63, 3.8) is 0 Å². The summed E-state index contributed by atoms with van der Waals surface area (Å²) in [6, 6.07) is 25.0. The van der Waals surface area contributed by atoms with Crippen molar-refractivity contribution < 1.29 is 42.5 Å². The fourth-order valence-electron chi connectivity index (χ4n) is 9.49. The fourth-order valence-corrected chi connectivity index (χ4v) is 10.9. The molecule has 0 bridgehead atoms. The first-order chi connectivity index (χ1) is 29.0. The summed E-state index contributed by atoms with van der Waals surface area (Å²) in [5.41, 5.74) is 2.83. The molecule has 1 amide bonds. The number of hydrogen-bond donors (Lipinski definition) is 3. The van der Waals surface area contributed by atoms with Crippen LogP contribution < -0.4 is 14.8 Å². The Balaban J connectivity index is 1.40. The molecule has 3 aliphatic rings. The Morgan fingerprint density at radius 2 is 1.67 bits per heavy atom. The molecule has 4 aromatic rings. The lowest BCUT2D eigenvalue weighted by atomic mass is 9.55. The van der Waals surface area contributed by atoms with Crippen molar-refractivity contribution in [3.05, 3.63) is 115 Å². The quantitative estimate of drug-likeness (QED) is 0.0511. The van der Waals surface area contributed by atoms with Crippen LogP contribution >= 0.6 is 0 Å². The number of ether oxygens (including phenoxy) is 3. The van der Waals surface area contributed by atoms with Gasteiger partial charge < -0.3 is 34.6 Å². The van der Waals surface area contributed by atoms with E-state index in [9.17, 15) is 23.4 Å². The normalized spacial score (nSPS) is 23.9. The van der Waals surface area contributed by atoms with E-state index in [2.05, 4.69) is 29.2 Å². The van der Waals surface area contributed by atoms with Gasteiger partial charge in [0.05, 0.1) is 29.2 Å². The molecule has 6 unspecified atom stereocenters. The molecular weight excluding hydrogens is 783 g/mol. The van der Waals surface area contributed by atoms with E-state index in [1.165, 1.54) is 37.5 Å². The second-order valence-electron chi connectivity index (χ2n) is 15.8. The molecule has 12 nitrogen and oxygen atoms in total. The minimum Gasteiger partial charge on any atom is -0.460 e. The monoisotopic (exact) mass is 837 g/mol. The van der Waals surface area contributed by atoms with Gasteiger partial charge in [-0.25, -0.2) is 8.42 Å². The summed E-state index contributed by atoms with van der Waals surface area (Å²) in [6.07, 6.45) is 8.40. The van der Waals surface area contributed by atoms with Crippen LogP contribution in [0, 0.1) is 17.8 Å². The van der Waals surface area contributed by atoms with Gasteiger partial charge in [0.1, 0.15) is 24.4 Å². The van der Waals surface area contributed by atoms with Crippen molar-refractivity contribution in [1.82, 2.24) is 4.31 Å². The summed E-state index contributed by atoms with van der Waals surface area (Å²) >= 11 is 0. The zero-order valence-corrected chi connectivity index (χ0v) is 35.3. The van der Waals surface area contributed by atoms with E-state index in [0.717, 1.165) is 47.6 Å². The number of nitrogens with zero attached hydrogens (tertiary/aromatic N) is 2. The number of carbonyl (C=O) groups is 1. The highest BCUT2D eigenvalue weighted by Crippen LogP contribution is 2.62. The van der Waals surface area contributed by atoms with E-state index in [1.807, 2.05) is 54.6 Å². The number of amides is 1. The predicted octanol–water partition coefficient (Wildman–Crippen LogP) is 8.17. The number of anilines is 1. The average Bonchev–Trinajstić information content (AvgIpc) is 3.24. The number of unbranched alkanes of at least 4 members (excludes halogenated alkanes) is 2. The van der Waals surface area contributed by atoms with Crippen molar-refractivity contribution in [1.29, 1.82) is 0 Å². The average molecular weight is 838 g/mol. The first-order valence-corrected chi connectivity index (χ1v) is 22.1. The minimum atomic E-state index is -4.20. The van der Waals surface area contributed by atoms with Crippen LogP contribution in [0.25, 0.3) is 10.8 Å². The van der Waals surface area contributed by atoms with Crippen molar-refractivity contribution in [3.8, 4) is 17.2 Å². The Morgan fingerprint density at radius 3 is 2.37 bits per heavy atom. The second-order valence-corrected chi connectivity index (χ2v) is 17.8. The number of hydrogen-bond acceptors (Lipinski definition) is 10. The van der Waals surface area contributed by atoms with Crippen LogP contribution in [0.4, 0.5) is 5.69 Å². The highest BCUT2D eigenvalue weighted by molar-refractivity contribution is 7.89. The summed E-state index contributed by atoms with van der Waals surface area (Å²) in [5, 5.41) is 29.2. The van der Waals surface area contributed by atoms with Crippen LogP contribution in [-0.2, 0) is 24.4 Å². The second kappa shape index (κ2) is 18.7. The third kappa shape index (κ3) is 8.59. The van der Waals surface area contributed by atoms with Gasteiger partial charge in [0.2, 0.25) is 21.7 Å². The lowest BCUT2D eigenvalue weighted by Gasteiger charge is -2.59. The van der Waals surface area contributed by atoms with E-state index in [4.69, 9.17) is 19.0 Å². The molecule has 318 valence electrons. The summed E-state index contributed by atoms with van der Waals surface area (Å²) in [7, 11) is -1.19. The third-order valence-corrected chi connectivity index (χ3v) is 14.0. The van der Waals surface area contributed by atoms with Crippen LogP contribution in [0.2, 0.25) is 0 Å². The molecule has 0 radical (unpaired) electrons. The van der Waals surface area contributed by atoms with Crippen LogP contribution in [0.3, 0.4) is 0 Å². The molecule has 60 heavy (non-hydrogen) atoms. The maximum atomic E-state index is 14.7. The number of aliphatic hydroxyl groups is 2. The third-order valence-electron chi connectivity index (χ3n) is 12.1. The van der Waals surface area contributed by atoms with Crippen LogP contribution in [0.5, 0.6) is 17.2 Å². The van der Waals surface area contributed by atoms with E-state index in [-0.39, 0.29) is 54.8 Å². The minimum absolute atomic E-state index is 0.0000430. The molecule has 0 spiro atoms. The van der Waals surface area contributed by atoms with Crippen molar-refractivity contribution in [2.24, 2.45) is 22.9 Å². The molecule has 2 aliphatic carbocycles. The summed E-state index contributed by atoms with van der Waals surface area (Å²) < 4.78 is 51.4. The van der Waals surface area contributed by atoms with Gasteiger partial charge in [0, 0.05) is 50.8 Å². The highest BCUT2D eigenvalue weighted by atomic mass is 32.2. The number of carbonyl (C=O) groups excluding carboxylic acids is 1. The fraction of sp³-hybridized carbons (Fsp3) is 0.404. The first-order valence-electron chi connectivity index (χ1n) is 20.7. The lowest BCUT2D eigenvalue weighted by molar-refractivity contribution is -0.250. The van der Waals surface area contributed by atoms with Crippen molar-refractivity contribution in [2.45, 2.75) is 74.5 Å². The maximum Gasteiger partial charge on any atom is 0.243 e. The first kappa shape index (κ1) is 43.1.